The first-order chi connectivity index (χ1) is 5.33. The Bertz CT molecular complexity index is 79.6. The van der Waals surface area contributed by atoms with Crippen molar-refractivity contribution >= 4 is 0 Å². The first-order valence-electron chi connectivity index (χ1n) is 3.95. The predicted molar refractivity (Wildman–Crippen MR) is 52.4 cm³/mol. The van der Waals surface area contributed by atoms with Crippen LogP contribution in [-0.2, 0) is 0 Å². The van der Waals surface area contributed by atoms with Crippen LogP contribution in [0.2, 0.25) is 0 Å². The maximum atomic E-state index is 5.17. The van der Waals surface area contributed by atoms with Crippen LogP contribution < -0.4 is 11.5 Å². The second-order valence-electron chi connectivity index (χ2n) is 2.09. The quantitative estimate of drug-likeness (QED) is 0.467. The standard InChI is InChI=1S/C5H11N.C4H9N/c1-2-3-4-5-6;1-2-3-4-5/h2H,1,3-6H2;2H,1,3-5H2. The molecule has 0 aliphatic rings. The van der Waals surface area contributed by atoms with Crippen molar-refractivity contribution in [2.75, 3.05) is 13.1 Å². The van der Waals surface area contributed by atoms with Crippen LogP contribution in [0.25, 0.3) is 0 Å². The van der Waals surface area contributed by atoms with Crippen LogP contribution in [0.15, 0.2) is 25.3 Å². The molecule has 0 fully saturated rings. The zero-order chi connectivity index (χ0) is 8.95. The molecule has 0 unspecified atom stereocenters. The Morgan fingerprint density at radius 3 is 1.55 bits per heavy atom. The average molecular weight is 156 g/mol. The summed E-state index contributed by atoms with van der Waals surface area (Å²) in [4.78, 5) is 0. The highest BCUT2D eigenvalue weighted by Crippen LogP contribution is 1.82. The van der Waals surface area contributed by atoms with E-state index in [0.29, 0.717) is 0 Å². The average Bonchev–Trinajstić information content (AvgIpc) is 2.04. The van der Waals surface area contributed by atoms with E-state index in [9.17, 15) is 0 Å². The number of rotatable bonds is 5. The van der Waals surface area contributed by atoms with Gasteiger partial charge in [0.1, 0.15) is 0 Å². The molecule has 0 atom stereocenters. The molecule has 11 heavy (non-hydrogen) atoms. The van der Waals surface area contributed by atoms with Gasteiger partial charge in [0.2, 0.25) is 0 Å². The number of unbranched alkanes of at least 4 members (excludes halogenated alkanes) is 1. The summed E-state index contributed by atoms with van der Waals surface area (Å²) in [5, 5.41) is 0. The maximum absolute atomic E-state index is 5.17. The maximum Gasteiger partial charge on any atom is -0.00427 e. The zero-order valence-corrected chi connectivity index (χ0v) is 7.26. The molecule has 0 bridgehead atoms. The lowest BCUT2D eigenvalue weighted by molar-refractivity contribution is 0.856. The predicted octanol–water partition coefficient (Wildman–Crippen LogP) is 1.43. The van der Waals surface area contributed by atoms with Gasteiger partial charge in [-0.1, -0.05) is 12.2 Å². The van der Waals surface area contributed by atoms with Gasteiger partial charge in [-0.05, 0) is 32.4 Å². The van der Waals surface area contributed by atoms with Crippen molar-refractivity contribution in [2.45, 2.75) is 19.3 Å². The summed E-state index contributed by atoms with van der Waals surface area (Å²) in [6, 6.07) is 0. The summed E-state index contributed by atoms with van der Waals surface area (Å²) < 4.78 is 0. The topological polar surface area (TPSA) is 52.0 Å². The van der Waals surface area contributed by atoms with Gasteiger partial charge in [0, 0.05) is 0 Å². The van der Waals surface area contributed by atoms with Crippen LogP contribution in [0.3, 0.4) is 0 Å². The lowest BCUT2D eigenvalue weighted by Gasteiger charge is -1.82. The van der Waals surface area contributed by atoms with Crippen molar-refractivity contribution < 1.29 is 0 Å². The summed E-state index contributed by atoms with van der Waals surface area (Å²) in [5.74, 6) is 0. The Balaban J connectivity index is 0. The van der Waals surface area contributed by atoms with Gasteiger partial charge in [-0.15, -0.1) is 13.2 Å². The summed E-state index contributed by atoms with van der Waals surface area (Å²) in [7, 11) is 0. The second kappa shape index (κ2) is 16.2. The van der Waals surface area contributed by atoms with E-state index in [1.807, 2.05) is 6.08 Å². The van der Waals surface area contributed by atoms with Crippen molar-refractivity contribution in [3.05, 3.63) is 25.3 Å². The van der Waals surface area contributed by atoms with E-state index in [1.165, 1.54) is 0 Å². The first kappa shape index (κ1) is 13.0. The van der Waals surface area contributed by atoms with Crippen LogP contribution in [0.5, 0.6) is 0 Å². The van der Waals surface area contributed by atoms with Gasteiger partial charge < -0.3 is 11.5 Å². The molecule has 0 aromatic carbocycles. The fraction of sp³-hybridized carbons (Fsp3) is 0.556. The van der Waals surface area contributed by atoms with Gasteiger partial charge in [0.15, 0.2) is 0 Å². The van der Waals surface area contributed by atoms with E-state index in [2.05, 4.69) is 13.2 Å². The zero-order valence-electron chi connectivity index (χ0n) is 7.26. The fourth-order valence-electron chi connectivity index (χ4n) is 0.380. The first-order valence-corrected chi connectivity index (χ1v) is 3.95. The van der Waals surface area contributed by atoms with Crippen LogP contribution in [-0.4, -0.2) is 13.1 Å². The third-order valence-electron chi connectivity index (χ3n) is 0.983. The molecule has 0 saturated carbocycles. The van der Waals surface area contributed by atoms with Crippen LogP contribution >= 0.6 is 0 Å². The lowest BCUT2D eigenvalue weighted by atomic mass is 10.3. The molecule has 0 saturated heterocycles. The largest absolute Gasteiger partial charge is 0.330 e. The van der Waals surface area contributed by atoms with Crippen molar-refractivity contribution in [1.29, 1.82) is 0 Å². The van der Waals surface area contributed by atoms with Gasteiger partial charge in [0.25, 0.3) is 0 Å². The summed E-state index contributed by atoms with van der Waals surface area (Å²) in [5.41, 5.74) is 10.2. The van der Waals surface area contributed by atoms with Gasteiger partial charge in [-0.25, -0.2) is 0 Å². The number of hydrogen-bond donors (Lipinski definition) is 2. The molecule has 0 radical (unpaired) electrons. The molecule has 0 aliphatic heterocycles. The van der Waals surface area contributed by atoms with E-state index >= 15 is 0 Å². The van der Waals surface area contributed by atoms with Crippen molar-refractivity contribution in [2.24, 2.45) is 11.5 Å². The Hall–Kier alpha value is -0.600. The molecule has 4 N–H and O–H groups in total. The molecular weight excluding hydrogens is 136 g/mol. The minimum absolute atomic E-state index is 0.726. The molecule has 66 valence electrons. The van der Waals surface area contributed by atoms with Crippen molar-refractivity contribution in [1.82, 2.24) is 0 Å². The molecule has 0 amide bonds. The Morgan fingerprint density at radius 2 is 1.45 bits per heavy atom. The van der Waals surface area contributed by atoms with E-state index in [0.717, 1.165) is 32.4 Å². The second-order valence-corrected chi connectivity index (χ2v) is 2.09. The normalized spacial score (nSPS) is 7.82. The van der Waals surface area contributed by atoms with E-state index in [-0.39, 0.29) is 0 Å². The molecule has 2 nitrogen and oxygen atoms in total. The van der Waals surface area contributed by atoms with Gasteiger partial charge in [0.05, 0.1) is 0 Å². The molecule has 0 heterocycles. The number of allylic oxidation sites excluding steroid dienone is 1. The highest BCUT2D eigenvalue weighted by molar-refractivity contribution is 4.65. The molecule has 0 rings (SSSR count). The Morgan fingerprint density at radius 1 is 0.909 bits per heavy atom. The monoisotopic (exact) mass is 156 g/mol. The highest BCUT2D eigenvalue weighted by atomic mass is 14.5. The third kappa shape index (κ3) is 26.6. The van der Waals surface area contributed by atoms with Gasteiger partial charge >= 0.3 is 0 Å². The fourth-order valence-corrected chi connectivity index (χ4v) is 0.380. The Labute approximate surface area is 70.0 Å². The summed E-state index contributed by atoms with van der Waals surface area (Å²) >= 11 is 0. The smallest absolute Gasteiger partial charge is 0.00427 e. The van der Waals surface area contributed by atoms with Crippen LogP contribution in [0.1, 0.15) is 19.3 Å². The third-order valence-corrected chi connectivity index (χ3v) is 0.983. The Kier molecular flexibility index (Phi) is 19.2. The number of nitrogens with two attached hydrogens (primary N) is 2. The van der Waals surface area contributed by atoms with Crippen molar-refractivity contribution in [3.63, 3.8) is 0 Å². The van der Waals surface area contributed by atoms with Crippen molar-refractivity contribution in [3.8, 4) is 0 Å². The molecular formula is C9H20N2. The van der Waals surface area contributed by atoms with Gasteiger partial charge in [-0.2, -0.15) is 0 Å². The molecule has 0 aromatic heterocycles. The highest BCUT2D eigenvalue weighted by Gasteiger charge is 1.71. The molecule has 0 spiro atoms. The lowest BCUT2D eigenvalue weighted by Crippen LogP contribution is -1.96. The van der Waals surface area contributed by atoms with Gasteiger partial charge in [-0.3, -0.25) is 0 Å². The summed E-state index contributed by atoms with van der Waals surface area (Å²) in [6.45, 7) is 8.52. The minimum atomic E-state index is 0.726. The minimum Gasteiger partial charge on any atom is -0.330 e. The van der Waals surface area contributed by atoms with E-state index in [1.54, 1.807) is 6.08 Å². The summed E-state index contributed by atoms with van der Waals surface area (Å²) in [6.07, 6.45) is 6.74. The number of hydrogen-bond acceptors (Lipinski definition) is 2. The SMILES string of the molecule is C=CCCCN.C=CCCN. The van der Waals surface area contributed by atoms with E-state index < -0.39 is 0 Å². The van der Waals surface area contributed by atoms with Crippen LogP contribution in [0, 0.1) is 0 Å². The van der Waals surface area contributed by atoms with Crippen LogP contribution in [0.4, 0.5) is 0 Å². The molecule has 0 aliphatic carbocycles. The molecule has 2 heteroatoms. The van der Waals surface area contributed by atoms with E-state index in [4.69, 9.17) is 11.5 Å². The molecule has 0 aromatic rings.